The maximum absolute atomic E-state index is 14.2. The standard InChI is InChI=1S/C43H73N5O10/c1-17-19-27(10)37-29(12)31(49)21-20-28(11)42(55)57-36(25(7)8)38(51)45-34(24(5)6)40(53)48(16)35(26(9)18-2)41(54)46(14)22-32(50)44-33(23(3)4)39(52)47(15)30(13)43(56)58-37/h19-20,23-26,29-31,33-37,49H,17-18,21-22H2,1-16H3,(H,44,50)(H,45,51)/b27-19+,28-20+/t26?,29?,30?,31-,33?,34?,35?,36+,37+/m0/s1. The molecule has 15 nitrogen and oxygen atoms in total. The topological polar surface area (TPSA) is 192 Å². The molecule has 0 aromatic rings. The van der Waals surface area contributed by atoms with Gasteiger partial charge in [0.25, 0.3) is 5.91 Å². The van der Waals surface area contributed by atoms with Crippen LogP contribution in [0.15, 0.2) is 23.3 Å². The molecule has 3 N–H and O–H groups in total. The molecular formula is C43H73N5O10. The lowest BCUT2D eigenvalue weighted by Crippen LogP contribution is -2.60. The van der Waals surface area contributed by atoms with E-state index in [-0.39, 0.29) is 17.9 Å². The number of likely N-dealkylation sites (N-methyl/N-ethyl adjacent to an activating group) is 3. The highest BCUT2D eigenvalue weighted by atomic mass is 16.6. The Morgan fingerprint density at radius 2 is 1.36 bits per heavy atom. The van der Waals surface area contributed by atoms with Crippen molar-refractivity contribution in [1.82, 2.24) is 25.3 Å². The highest BCUT2D eigenvalue weighted by molar-refractivity contribution is 5.96. The number of nitrogens with zero attached hydrogens (tertiary/aromatic N) is 3. The lowest BCUT2D eigenvalue weighted by molar-refractivity contribution is -0.160. The van der Waals surface area contributed by atoms with Gasteiger partial charge in [-0.1, -0.05) is 87.8 Å². The van der Waals surface area contributed by atoms with E-state index in [1.165, 1.54) is 55.8 Å². The Labute approximate surface area is 346 Å². The summed E-state index contributed by atoms with van der Waals surface area (Å²) in [4.78, 5) is 100. The average Bonchev–Trinajstić information content (AvgIpc) is 3.16. The van der Waals surface area contributed by atoms with E-state index in [2.05, 4.69) is 10.6 Å². The highest BCUT2D eigenvalue weighted by Gasteiger charge is 2.40. The number of carbonyl (C=O) groups excluding carboxylic acids is 7. The molecule has 1 heterocycles. The number of hydrogen-bond donors (Lipinski definition) is 3. The van der Waals surface area contributed by atoms with E-state index in [1.807, 2.05) is 26.8 Å². The number of amides is 5. The van der Waals surface area contributed by atoms with Crippen LogP contribution in [0, 0.1) is 29.6 Å². The summed E-state index contributed by atoms with van der Waals surface area (Å²) in [6.07, 6.45) is 1.25. The largest absolute Gasteiger partial charge is 0.456 e. The van der Waals surface area contributed by atoms with Gasteiger partial charge in [0, 0.05) is 32.6 Å². The summed E-state index contributed by atoms with van der Waals surface area (Å²) < 4.78 is 11.7. The van der Waals surface area contributed by atoms with Crippen LogP contribution in [0.1, 0.15) is 109 Å². The van der Waals surface area contributed by atoms with Crippen LogP contribution in [0.4, 0.5) is 0 Å². The normalized spacial score (nSPS) is 29.6. The second-order valence-electron chi connectivity index (χ2n) is 17.0. The van der Waals surface area contributed by atoms with Crippen molar-refractivity contribution in [3.8, 4) is 0 Å². The number of esters is 2. The maximum Gasteiger partial charge on any atom is 0.334 e. The van der Waals surface area contributed by atoms with Crippen LogP contribution in [0.5, 0.6) is 0 Å². The van der Waals surface area contributed by atoms with Crippen LogP contribution in [-0.4, -0.2) is 131 Å². The molecule has 9 atom stereocenters. The molecular weight excluding hydrogens is 746 g/mol. The summed E-state index contributed by atoms with van der Waals surface area (Å²) in [6.45, 7) is 22.1. The quantitative estimate of drug-likeness (QED) is 0.253. The Balaban J connectivity index is 3.85. The summed E-state index contributed by atoms with van der Waals surface area (Å²) in [5, 5.41) is 16.8. The fraction of sp³-hybridized carbons (Fsp3) is 0.744. The Kier molecular flexibility index (Phi) is 20.8. The fourth-order valence-electron chi connectivity index (χ4n) is 6.71. The number of cyclic esters (lactones) is 2. The number of carbonyl (C=O) groups is 7. The number of rotatable bonds is 7. The SMILES string of the molecule is CC/C=C(\C)[C@H]1OC(=O)C(C)N(C)C(=O)C(C(C)C)NC(=O)CN(C)C(=O)C(C(C)CC)N(C)C(=O)C(C(C)C)NC(=O)[C@@H](C(C)C)OC(=O)/C(C)=C/C[C@H](O)C1C. The van der Waals surface area contributed by atoms with Crippen molar-refractivity contribution in [1.29, 1.82) is 0 Å². The minimum Gasteiger partial charge on any atom is -0.456 e. The molecule has 1 aliphatic rings. The van der Waals surface area contributed by atoms with Gasteiger partial charge in [0.05, 0.1) is 12.6 Å². The predicted molar refractivity (Wildman–Crippen MR) is 222 cm³/mol. The van der Waals surface area contributed by atoms with Crippen molar-refractivity contribution < 1.29 is 48.1 Å². The van der Waals surface area contributed by atoms with Crippen LogP contribution in [0.3, 0.4) is 0 Å². The second-order valence-corrected chi connectivity index (χ2v) is 17.0. The van der Waals surface area contributed by atoms with E-state index in [0.717, 1.165) is 0 Å². The highest BCUT2D eigenvalue weighted by Crippen LogP contribution is 2.25. The van der Waals surface area contributed by atoms with Gasteiger partial charge in [-0.15, -0.1) is 0 Å². The van der Waals surface area contributed by atoms with Crippen LogP contribution in [-0.2, 0) is 43.0 Å². The van der Waals surface area contributed by atoms with Crippen LogP contribution in [0.25, 0.3) is 0 Å². The number of allylic oxidation sites excluding steroid dienone is 1. The Morgan fingerprint density at radius 3 is 1.86 bits per heavy atom. The van der Waals surface area contributed by atoms with Crippen molar-refractivity contribution in [3.05, 3.63) is 23.3 Å². The van der Waals surface area contributed by atoms with E-state index < -0.39 is 114 Å². The van der Waals surface area contributed by atoms with Gasteiger partial charge in [-0.05, 0) is 62.9 Å². The van der Waals surface area contributed by atoms with Crippen molar-refractivity contribution in [3.63, 3.8) is 0 Å². The molecule has 0 saturated carbocycles. The molecule has 0 saturated heterocycles. The number of ether oxygens (including phenoxy) is 2. The molecule has 1 rings (SSSR count). The molecule has 0 radical (unpaired) electrons. The molecule has 1 aliphatic heterocycles. The molecule has 0 fully saturated rings. The fourth-order valence-corrected chi connectivity index (χ4v) is 6.71. The maximum atomic E-state index is 14.2. The summed E-state index contributed by atoms with van der Waals surface area (Å²) in [6, 6.07) is -4.26. The first-order valence-electron chi connectivity index (χ1n) is 20.6. The van der Waals surface area contributed by atoms with E-state index in [0.29, 0.717) is 18.4 Å². The number of aliphatic hydroxyl groups excluding tert-OH is 1. The van der Waals surface area contributed by atoms with Gasteiger partial charge in [-0.2, -0.15) is 0 Å². The minimum atomic E-state index is -1.28. The van der Waals surface area contributed by atoms with Crippen LogP contribution in [0.2, 0.25) is 0 Å². The lowest BCUT2D eigenvalue weighted by Gasteiger charge is -2.37. The third-order valence-electron chi connectivity index (χ3n) is 11.1. The van der Waals surface area contributed by atoms with E-state index >= 15 is 0 Å². The van der Waals surface area contributed by atoms with Crippen LogP contribution < -0.4 is 10.6 Å². The summed E-state index contributed by atoms with van der Waals surface area (Å²) in [5.41, 5.74) is 0.824. The molecule has 330 valence electrons. The molecule has 58 heavy (non-hydrogen) atoms. The third kappa shape index (κ3) is 13.9. The third-order valence-corrected chi connectivity index (χ3v) is 11.1. The van der Waals surface area contributed by atoms with Gasteiger partial charge < -0.3 is 39.9 Å². The van der Waals surface area contributed by atoms with Gasteiger partial charge in [0.15, 0.2) is 6.10 Å². The van der Waals surface area contributed by atoms with Gasteiger partial charge in [0.1, 0.15) is 30.3 Å². The van der Waals surface area contributed by atoms with Crippen LogP contribution >= 0.6 is 0 Å². The molecule has 5 amide bonds. The molecule has 0 spiro atoms. The smallest absolute Gasteiger partial charge is 0.334 e. The minimum absolute atomic E-state index is 0.0146. The second kappa shape index (κ2) is 23.4. The number of hydrogen-bond acceptors (Lipinski definition) is 10. The summed E-state index contributed by atoms with van der Waals surface area (Å²) in [5.74, 6) is -6.78. The average molecular weight is 820 g/mol. The summed E-state index contributed by atoms with van der Waals surface area (Å²) >= 11 is 0. The van der Waals surface area contributed by atoms with Crippen molar-refractivity contribution in [2.75, 3.05) is 27.7 Å². The lowest BCUT2D eigenvalue weighted by atomic mass is 9.90. The van der Waals surface area contributed by atoms with Crippen molar-refractivity contribution in [2.45, 2.75) is 152 Å². The monoisotopic (exact) mass is 820 g/mol. The molecule has 0 aliphatic carbocycles. The zero-order chi connectivity index (χ0) is 44.9. The molecule has 0 aromatic carbocycles. The zero-order valence-corrected chi connectivity index (χ0v) is 37.9. The van der Waals surface area contributed by atoms with Crippen molar-refractivity contribution in [2.24, 2.45) is 29.6 Å². The van der Waals surface area contributed by atoms with Gasteiger partial charge in [-0.3, -0.25) is 24.0 Å². The number of nitrogens with one attached hydrogen (secondary N) is 2. The molecule has 0 aromatic heterocycles. The first kappa shape index (κ1) is 51.7. The Morgan fingerprint density at radius 1 is 0.828 bits per heavy atom. The molecule has 6 unspecified atom stereocenters. The first-order valence-corrected chi connectivity index (χ1v) is 20.6. The zero-order valence-electron chi connectivity index (χ0n) is 37.9. The van der Waals surface area contributed by atoms with Gasteiger partial charge in [0.2, 0.25) is 23.6 Å². The van der Waals surface area contributed by atoms with E-state index in [4.69, 9.17) is 9.47 Å². The number of aliphatic hydroxyl groups is 1. The Hall–Kier alpha value is -4.27. The summed E-state index contributed by atoms with van der Waals surface area (Å²) in [7, 11) is 4.35. The Bertz CT molecular complexity index is 1520. The predicted octanol–water partition coefficient (Wildman–Crippen LogP) is 3.63. The van der Waals surface area contributed by atoms with E-state index in [9.17, 15) is 38.7 Å². The van der Waals surface area contributed by atoms with E-state index in [1.54, 1.807) is 55.4 Å². The van der Waals surface area contributed by atoms with Gasteiger partial charge >= 0.3 is 11.9 Å². The van der Waals surface area contributed by atoms with Gasteiger partial charge in [-0.25, -0.2) is 9.59 Å². The molecule has 15 heteroatoms. The van der Waals surface area contributed by atoms with Crippen molar-refractivity contribution >= 4 is 41.5 Å². The first-order chi connectivity index (χ1) is 26.8. The molecule has 0 bridgehead atoms.